The normalized spacial score (nSPS) is 14.5. The molecule has 0 atom stereocenters. The van der Waals surface area contributed by atoms with E-state index in [0.717, 1.165) is 25.9 Å². The van der Waals surface area contributed by atoms with Gasteiger partial charge in [-0.05, 0) is 25.2 Å². The van der Waals surface area contributed by atoms with Gasteiger partial charge < -0.3 is 20.1 Å². The van der Waals surface area contributed by atoms with Crippen molar-refractivity contribution >= 4 is 12.0 Å². The van der Waals surface area contributed by atoms with Gasteiger partial charge in [0, 0.05) is 25.8 Å². The molecule has 0 saturated heterocycles. The number of carboxylic acid groups (broad SMARTS) is 1. The van der Waals surface area contributed by atoms with E-state index in [1.54, 1.807) is 0 Å². The van der Waals surface area contributed by atoms with E-state index in [4.69, 9.17) is 9.84 Å². The van der Waals surface area contributed by atoms with Crippen molar-refractivity contribution in [2.24, 2.45) is 5.92 Å². The Morgan fingerprint density at radius 2 is 2.11 bits per heavy atom. The highest BCUT2D eigenvalue weighted by molar-refractivity contribution is 5.80. The summed E-state index contributed by atoms with van der Waals surface area (Å²) in [4.78, 5) is 23.9. The fourth-order valence-electron chi connectivity index (χ4n) is 1.69. The third-order valence-corrected chi connectivity index (χ3v) is 2.75. The predicted molar refractivity (Wildman–Crippen MR) is 71.0 cm³/mol. The number of nitrogens with one attached hydrogen (secondary N) is 1. The summed E-state index contributed by atoms with van der Waals surface area (Å²) in [5, 5.41) is 11.5. The lowest BCUT2D eigenvalue weighted by Gasteiger charge is -2.20. The van der Waals surface area contributed by atoms with E-state index in [9.17, 15) is 9.59 Å². The number of urea groups is 1. The molecule has 1 fully saturated rings. The first-order valence-corrected chi connectivity index (χ1v) is 6.84. The minimum absolute atomic E-state index is 0.105. The summed E-state index contributed by atoms with van der Waals surface area (Å²) in [6, 6.07) is -0.179. The molecule has 1 aliphatic carbocycles. The summed E-state index contributed by atoms with van der Waals surface area (Å²) in [6.45, 7) is 5.80. The topological polar surface area (TPSA) is 78.9 Å². The number of nitrogens with zero attached hydrogens (tertiary/aromatic N) is 1. The van der Waals surface area contributed by atoms with Crippen LogP contribution in [0.5, 0.6) is 0 Å². The Morgan fingerprint density at radius 1 is 1.42 bits per heavy atom. The van der Waals surface area contributed by atoms with Gasteiger partial charge in [-0.2, -0.15) is 0 Å². The van der Waals surface area contributed by atoms with Crippen LogP contribution in [0.1, 0.15) is 33.1 Å². The van der Waals surface area contributed by atoms with Crippen molar-refractivity contribution in [3.05, 3.63) is 0 Å². The Kier molecular flexibility index (Phi) is 6.62. The molecule has 2 amide bonds. The molecule has 0 aromatic rings. The van der Waals surface area contributed by atoms with Crippen LogP contribution in [0.25, 0.3) is 0 Å². The molecule has 0 radical (unpaired) electrons. The summed E-state index contributed by atoms with van der Waals surface area (Å²) in [7, 11) is 0. The number of carboxylic acids is 1. The van der Waals surface area contributed by atoms with Gasteiger partial charge in [0.2, 0.25) is 0 Å². The van der Waals surface area contributed by atoms with E-state index < -0.39 is 5.97 Å². The molecule has 0 bridgehead atoms. The SMILES string of the molecule is CC(C)COCCCNC(=O)N(CC(=O)O)C1CC1. The first-order chi connectivity index (χ1) is 9.00. The summed E-state index contributed by atoms with van der Waals surface area (Å²) in [5.74, 6) is -0.460. The fraction of sp³-hybridized carbons (Fsp3) is 0.846. The number of aliphatic carboxylic acids is 1. The Labute approximate surface area is 114 Å². The first-order valence-electron chi connectivity index (χ1n) is 6.84. The average Bonchev–Trinajstić information content (AvgIpc) is 3.13. The molecule has 0 aliphatic heterocycles. The number of carbonyl (C=O) groups is 2. The van der Waals surface area contributed by atoms with E-state index >= 15 is 0 Å². The van der Waals surface area contributed by atoms with Crippen LogP contribution < -0.4 is 5.32 Å². The van der Waals surface area contributed by atoms with Crippen LogP contribution in [-0.2, 0) is 9.53 Å². The summed E-state index contributed by atoms with van der Waals surface area (Å²) in [5.41, 5.74) is 0. The maximum atomic E-state index is 11.8. The lowest BCUT2D eigenvalue weighted by Crippen LogP contribution is -2.44. The van der Waals surface area contributed by atoms with Crippen molar-refractivity contribution in [1.82, 2.24) is 10.2 Å². The molecule has 2 N–H and O–H groups in total. The molecule has 1 rings (SSSR count). The van der Waals surface area contributed by atoms with Crippen molar-refractivity contribution in [3.63, 3.8) is 0 Å². The van der Waals surface area contributed by atoms with Gasteiger partial charge in [0.25, 0.3) is 0 Å². The minimum Gasteiger partial charge on any atom is -0.480 e. The molecule has 0 heterocycles. The molecular weight excluding hydrogens is 248 g/mol. The zero-order chi connectivity index (χ0) is 14.3. The maximum absolute atomic E-state index is 11.8. The smallest absolute Gasteiger partial charge is 0.323 e. The fourth-order valence-corrected chi connectivity index (χ4v) is 1.69. The largest absolute Gasteiger partial charge is 0.480 e. The summed E-state index contributed by atoms with van der Waals surface area (Å²) < 4.78 is 5.40. The molecule has 0 unspecified atom stereocenters. The minimum atomic E-state index is -0.970. The maximum Gasteiger partial charge on any atom is 0.323 e. The van der Waals surface area contributed by atoms with Gasteiger partial charge in [0.1, 0.15) is 6.54 Å². The first kappa shape index (κ1) is 15.8. The lowest BCUT2D eigenvalue weighted by molar-refractivity contribution is -0.137. The van der Waals surface area contributed by atoms with Crippen molar-refractivity contribution < 1.29 is 19.4 Å². The number of hydrogen-bond donors (Lipinski definition) is 2. The Balaban J connectivity index is 2.13. The number of carbonyl (C=O) groups excluding carboxylic acids is 1. The second kappa shape index (κ2) is 7.99. The van der Waals surface area contributed by atoms with Crippen LogP contribution in [0.15, 0.2) is 0 Å². The van der Waals surface area contributed by atoms with Gasteiger partial charge in [0.05, 0.1) is 0 Å². The highest BCUT2D eigenvalue weighted by atomic mass is 16.5. The van der Waals surface area contributed by atoms with E-state index in [2.05, 4.69) is 19.2 Å². The molecule has 0 spiro atoms. The van der Waals surface area contributed by atoms with E-state index in [-0.39, 0.29) is 18.6 Å². The quantitative estimate of drug-likeness (QED) is 0.620. The van der Waals surface area contributed by atoms with Crippen molar-refractivity contribution in [2.45, 2.75) is 39.2 Å². The number of hydrogen-bond acceptors (Lipinski definition) is 3. The molecular formula is C13H24N2O4. The zero-order valence-electron chi connectivity index (χ0n) is 11.7. The van der Waals surface area contributed by atoms with E-state index in [0.29, 0.717) is 19.1 Å². The van der Waals surface area contributed by atoms with Crippen LogP contribution in [0.3, 0.4) is 0 Å². The van der Waals surface area contributed by atoms with E-state index in [1.165, 1.54) is 4.90 Å². The van der Waals surface area contributed by atoms with Crippen LogP contribution in [0.4, 0.5) is 4.79 Å². The molecule has 0 aromatic heterocycles. The van der Waals surface area contributed by atoms with E-state index in [1.807, 2.05) is 0 Å². The lowest BCUT2D eigenvalue weighted by atomic mass is 10.2. The van der Waals surface area contributed by atoms with Crippen LogP contribution >= 0.6 is 0 Å². The standard InChI is InChI=1S/C13H24N2O4/c1-10(2)9-19-7-3-6-14-13(18)15(8-12(16)17)11-4-5-11/h10-11H,3-9H2,1-2H3,(H,14,18)(H,16,17). The van der Waals surface area contributed by atoms with Gasteiger partial charge >= 0.3 is 12.0 Å². The van der Waals surface area contributed by atoms with Crippen LogP contribution in [0, 0.1) is 5.92 Å². The third kappa shape index (κ3) is 7.00. The van der Waals surface area contributed by atoms with Crippen molar-refractivity contribution in [3.8, 4) is 0 Å². The average molecular weight is 272 g/mol. The Hall–Kier alpha value is -1.30. The highest BCUT2D eigenvalue weighted by Gasteiger charge is 2.33. The molecule has 19 heavy (non-hydrogen) atoms. The van der Waals surface area contributed by atoms with Gasteiger partial charge in [0.15, 0.2) is 0 Å². The number of rotatable bonds is 9. The van der Waals surface area contributed by atoms with Crippen molar-refractivity contribution in [2.75, 3.05) is 26.3 Å². The molecule has 110 valence electrons. The summed E-state index contributed by atoms with van der Waals surface area (Å²) in [6.07, 6.45) is 2.54. The second-order valence-corrected chi connectivity index (χ2v) is 5.31. The molecule has 0 aromatic carbocycles. The molecule has 6 nitrogen and oxygen atoms in total. The van der Waals surface area contributed by atoms with Gasteiger partial charge in [-0.15, -0.1) is 0 Å². The van der Waals surface area contributed by atoms with Gasteiger partial charge in [-0.1, -0.05) is 13.8 Å². The second-order valence-electron chi connectivity index (χ2n) is 5.31. The third-order valence-electron chi connectivity index (χ3n) is 2.75. The Bertz CT molecular complexity index is 303. The monoisotopic (exact) mass is 272 g/mol. The molecule has 1 aliphatic rings. The summed E-state index contributed by atoms with van der Waals surface area (Å²) >= 11 is 0. The molecule has 1 saturated carbocycles. The highest BCUT2D eigenvalue weighted by Crippen LogP contribution is 2.26. The zero-order valence-corrected chi connectivity index (χ0v) is 11.7. The van der Waals surface area contributed by atoms with Crippen LogP contribution in [-0.4, -0.2) is 54.4 Å². The molecule has 6 heteroatoms. The Morgan fingerprint density at radius 3 is 2.63 bits per heavy atom. The van der Waals surface area contributed by atoms with Gasteiger partial charge in [-0.25, -0.2) is 4.79 Å². The van der Waals surface area contributed by atoms with Crippen LogP contribution in [0.2, 0.25) is 0 Å². The predicted octanol–water partition coefficient (Wildman–Crippen LogP) is 1.31. The van der Waals surface area contributed by atoms with Crippen molar-refractivity contribution in [1.29, 1.82) is 0 Å². The van der Waals surface area contributed by atoms with Gasteiger partial charge in [-0.3, -0.25) is 4.79 Å². The number of ether oxygens (including phenoxy) is 1. The number of amides is 2.